The molecule has 1 saturated heterocycles. The SMILES string of the molecule is CC(C(C)N(C)C1CCN(C)C1)N(C)C. The molecule has 0 aromatic carbocycles. The van der Waals surface area contributed by atoms with Gasteiger partial charge in [-0.3, -0.25) is 4.90 Å². The molecule has 0 saturated carbocycles. The van der Waals surface area contributed by atoms with Crippen molar-refractivity contribution >= 4 is 0 Å². The zero-order valence-corrected chi connectivity index (χ0v) is 11.2. The first-order valence-corrected chi connectivity index (χ1v) is 6.00. The lowest BCUT2D eigenvalue weighted by Gasteiger charge is -2.37. The molecular weight excluding hydrogens is 186 g/mol. The highest BCUT2D eigenvalue weighted by molar-refractivity contribution is 4.86. The molecule has 3 heteroatoms. The molecule has 1 aliphatic heterocycles. The predicted molar refractivity (Wildman–Crippen MR) is 66.3 cm³/mol. The van der Waals surface area contributed by atoms with E-state index in [1.807, 2.05) is 0 Å². The van der Waals surface area contributed by atoms with Gasteiger partial charge in [-0.1, -0.05) is 0 Å². The fourth-order valence-corrected chi connectivity index (χ4v) is 2.35. The summed E-state index contributed by atoms with van der Waals surface area (Å²) in [5, 5.41) is 0. The van der Waals surface area contributed by atoms with Crippen molar-refractivity contribution in [2.45, 2.75) is 38.4 Å². The van der Waals surface area contributed by atoms with Crippen LogP contribution in [0.15, 0.2) is 0 Å². The summed E-state index contributed by atoms with van der Waals surface area (Å²) in [6.45, 7) is 7.11. The molecule has 90 valence electrons. The lowest BCUT2D eigenvalue weighted by Crippen LogP contribution is -2.49. The Labute approximate surface area is 95.0 Å². The second-order valence-corrected chi connectivity index (χ2v) is 5.32. The lowest BCUT2D eigenvalue weighted by atomic mass is 10.1. The van der Waals surface area contributed by atoms with E-state index in [2.05, 4.69) is 56.7 Å². The standard InChI is InChI=1S/C12H27N3/c1-10(13(3)4)11(2)15(6)12-7-8-14(5)9-12/h10-12H,7-9H2,1-6H3. The van der Waals surface area contributed by atoms with E-state index in [0.717, 1.165) is 6.04 Å². The smallest absolute Gasteiger partial charge is 0.0235 e. The van der Waals surface area contributed by atoms with Crippen LogP contribution in [-0.2, 0) is 0 Å². The van der Waals surface area contributed by atoms with Crippen LogP contribution in [0.5, 0.6) is 0 Å². The average Bonchev–Trinajstić information content (AvgIpc) is 2.61. The van der Waals surface area contributed by atoms with Gasteiger partial charge in [-0.2, -0.15) is 0 Å². The Kier molecular flexibility index (Phi) is 4.56. The third-order valence-corrected chi connectivity index (χ3v) is 4.10. The van der Waals surface area contributed by atoms with Gasteiger partial charge >= 0.3 is 0 Å². The van der Waals surface area contributed by atoms with Crippen LogP contribution in [0.2, 0.25) is 0 Å². The van der Waals surface area contributed by atoms with Crippen molar-refractivity contribution in [1.29, 1.82) is 0 Å². The van der Waals surface area contributed by atoms with E-state index in [9.17, 15) is 0 Å². The highest BCUT2D eigenvalue weighted by Gasteiger charge is 2.28. The monoisotopic (exact) mass is 213 g/mol. The van der Waals surface area contributed by atoms with Crippen molar-refractivity contribution < 1.29 is 0 Å². The van der Waals surface area contributed by atoms with Crippen molar-refractivity contribution in [3.8, 4) is 0 Å². The van der Waals surface area contributed by atoms with E-state index in [0.29, 0.717) is 12.1 Å². The van der Waals surface area contributed by atoms with Crippen LogP contribution in [0, 0.1) is 0 Å². The highest BCUT2D eigenvalue weighted by atomic mass is 15.3. The van der Waals surface area contributed by atoms with E-state index in [1.54, 1.807) is 0 Å². The Hall–Kier alpha value is -0.120. The second-order valence-electron chi connectivity index (χ2n) is 5.32. The van der Waals surface area contributed by atoms with Crippen LogP contribution < -0.4 is 0 Å². The molecule has 0 aromatic rings. The molecule has 0 spiro atoms. The molecule has 0 aliphatic carbocycles. The fourth-order valence-electron chi connectivity index (χ4n) is 2.35. The summed E-state index contributed by atoms with van der Waals surface area (Å²) in [6, 6.07) is 1.98. The van der Waals surface area contributed by atoms with E-state index in [-0.39, 0.29) is 0 Å². The van der Waals surface area contributed by atoms with Gasteiger partial charge in [0.2, 0.25) is 0 Å². The molecule has 3 unspecified atom stereocenters. The molecule has 1 rings (SSSR count). The van der Waals surface area contributed by atoms with Crippen molar-refractivity contribution in [3.05, 3.63) is 0 Å². The fraction of sp³-hybridized carbons (Fsp3) is 1.00. The summed E-state index contributed by atoms with van der Waals surface area (Å²) in [5.41, 5.74) is 0. The maximum absolute atomic E-state index is 2.55. The minimum Gasteiger partial charge on any atom is -0.305 e. The molecule has 1 fully saturated rings. The quantitative estimate of drug-likeness (QED) is 0.689. The Bertz CT molecular complexity index is 193. The third-order valence-electron chi connectivity index (χ3n) is 4.10. The first-order chi connectivity index (χ1) is 6.93. The molecule has 0 bridgehead atoms. The zero-order chi connectivity index (χ0) is 11.6. The van der Waals surface area contributed by atoms with Crippen molar-refractivity contribution in [3.63, 3.8) is 0 Å². The molecule has 0 radical (unpaired) electrons. The average molecular weight is 213 g/mol. The first-order valence-electron chi connectivity index (χ1n) is 6.00. The topological polar surface area (TPSA) is 9.72 Å². The zero-order valence-electron chi connectivity index (χ0n) is 11.2. The molecule has 0 amide bonds. The number of rotatable bonds is 4. The van der Waals surface area contributed by atoms with Crippen LogP contribution in [0.1, 0.15) is 20.3 Å². The number of hydrogen-bond acceptors (Lipinski definition) is 3. The van der Waals surface area contributed by atoms with Crippen LogP contribution in [0.25, 0.3) is 0 Å². The number of nitrogens with zero attached hydrogens (tertiary/aromatic N) is 3. The molecule has 1 heterocycles. The Balaban J connectivity index is 2.48. The van der Waals surface area contributed by atoms with E-state index < -0.39 is 0 Å². The molecule has 3 nitrogen and oxygen atoms in total. The van der Waals surface area contributed by atoms with Gasteiger partial charge in [-0.15, -0.1) is 0 Å². The minimum atomic E-state index is 0.612. The second kappa shape index (κ2) is 5.28. The predicted octanol–water partition coefficient (Wildman–Crippen LogP) is 0.961. The summed E-state index contributed by atoms with van der Waals surface area (Å²) >= 11 is 0. The molecule has 1 aliphatic rings. The minimum absolute atomic E-state index is 0.612. The molecular formula is C12H27N3. The van der Waals surface area contributed by atoms with Gasteiger partial charge < -0.3 is 9.80 Å². The molecule has 0 aromatic heterocycles. The van der Waals surface area contributed by atoms with Gasteiger partial charge in [0.1, 0.15) is 0 Å². The van der Waals surface area contributed by atoms with Crippen LogP contribution in [-0.4, -0.2) is 74.1 Å². The van der Waals surface area contributed by atoms with Crippen molar-refractivity contribution in [2.75, 3.05) is 41.3 Å². The molecule has 15 heavy (non-hydrogen) atoms. The summed E-state index contributed by atoms with van der Waals surface area (Å²) in [6.07, 6.45) is 1.32. The summed E-state index contributed by atoms with van der Waals surface area (Å²) in [5.74, 6) is 0. The van der Waals surface area contributed by atoms with Crippen LogP contribution >= 0.6 is 0 Å². The molecule has 3 atom stereocenters. The maximum Gasteiger partial charge on any atom is 0.0235 e. The van der Waals surface area contributed by atoms with Crippen molar-refractivity contribution in [2.24, 2.45) is 0 Å². The number of likely N-dealkylation sites (tertiary alicyclic amines) is 1. The first kappa shape index (κ1) is 12.9. The Morgan fingerprint density at radius 2 is 1.73 bits per heavy atom. The number of likely N-dealkylation sites (N-methyl/N-ethyl adjacent to an activating group) is 3. The van der Waals surface area contributed by atoms with Gasteiger partial charge in [-0.25, -0.2) is 0 Å². The normalized spacial score (nSPS) is 27.6. The van der Waals surface area contributed by atoms with Gasteiger partial charge in [-0.05, 0) is 55.0 Å². The Morgan fingerprint density at radius 3 is 2.13 bits per heavy atom. The number of hydrogen-bond donors (Lipinski definition) is 0. The van der Waals surface area contributed by atoms with Crippen LogP contribution in [0.3, 0.4) is 0 Å². The highest BCUT2D eigenvalue weighted by Crippen LogP contribution is 2.17. The largest absolute Gasteiger partial charge is 0.305 e. The molecule has 0 N–H and O–H groups in total. The third kappa shape index (κ3) is 3.16. The summed E-state index contributed by atoms with van der Waals surface area (Å²) in [7, 11) is 8.81. The van der Waals surface area contributed by atoms with E-state index in [4.69, 9.17) is 0 Å². The summed E-state index contributed by atoms with van der Waals surface area (Å²) < 4.78 is 0. The van der Waals surface area contributed by atoms with E-state index in [1.165, 1.54) is 19.5 Å². The lowest BCUT2D eigenvalue weighted by molar-refractivity contribution is 0.116. The van der Waals surface area contributed by atoms with Crippen molar-refractivity contribution in [1.82, 2.24) is 14.7 Å². The van der Waals surface area contributed by atoms with Gasteiger partial charge in [0.25, 0.3) is 0 Å². The van der Waals surface area contributed by atoms with Gasteiger partial charge in [0.05, 0.1) is 0 Å². The van der Waals surface area contributed by atoms with Crippen LogP contribution in [0.4, 0.5) is 0 Å². The maximum atomic E-state index is 2.55. The van der Waals surface area contributed by atoms with Gasteiger partial charge in [0.15, 0.2) is 0 Å². The van der Waals surface area contributed by atoms with Gasteiger partial charge in [0, 0.05) is 24.7 Å². The van der Waals surface area contributed by atoms with E-state index >= 15 is 0 Å². The Morgan fingerprint density at radius 1 is 1.13 bits per heavy atom. The summed E-state index contributed by atoms with van der Waals surface area (Å²) in [4.78, 5) is 7.28.